The second kappa shape index (κ2) is 9.37. The lowest BCUT2D eigenvalue weighted by Crippen LogP contribution is -2.26. The smallest absolute Gasteiger partial charge is 0.252 e. The molecular formula is C21H28N4O2. The lowest BCUT2D eigenvalue weighted by molar-refractivity contribution is 0.0953. The van der Waals surface area contributed by atoms with E-state index in [1.165, 1.54) is 5.56 Å². The highest BCUT2D eigenvalue weighted by Gasteiger charge is 2.22. The van der Waals surface area contributed by atoms with Gasteiger partial charge in [0.05, 0.1) is 12.7 Å². The summed E-state index contributed by atoms with van der Waals surface area (Å²) in [5.74, 6) is 2.24. The molecule has 0 spiro atoms. The molecule has 0 unspecified atom stereocenters. The molecule has 3 rings (SSSR count). The number of aromatic nitrogens is 1. The lowest BCUT2D eigenvalue weighted by Gasteiger charge is -2.17. The number of rotatable bonds is 8. The van der Waals surface area contributed by atoms with Crippen molar-refractivity contribution in [3.05, 3.63) is 53.7 Å². The molecule has 2 aromatic rings. The molecular weight excluding hydrogens is 340 g/mol. The number of anilines is 1. The van der Waals surface area contributed by atoms with Crippen molar-refractivity contribution in [2.24, 2.45) is 11.7 Å². The van der Waals surface area contributed by atoms with Gasteiger partial charge in [0.2, 0.25) is 0 Å². The molecule has 3 N–H and O–H groups in total. The van der Waals surface area contributed by atoms with Crippen LogP contribution in [0, 0.1) is 5.92 Å². The van der Waals surface area contributed by atoms with Gasteiger partial charge in [-0.25, -0.2) is 4.98 Å². The van der Waals surface area contributed by atoms with Gasteiger partial charge in [0.1, 0.15) is 11.6 Å². The number of nitrogens with zero attached hydrogens (tertiary/aromatic N) is 2. The minimum atomic E-state index is -0.0787. The first-order valence-corrected chi connectivity index (χ1v) is 9.52. The molecule has 1 atom stereocenters. The molecule has 0 aliphatic carbocycles. The number of carbonyl (C=O) groups is 1. The van der Waals surface area contributed by atoms with Crippen molar-refractivity contribution in [1.29, 1.82) is 0 Å². The maximum Gasteiger partial charge on any atom is 0.252 e. The maximum absolute atomic E-state index is 12.3. The van der Waals surface area contributed by atoms with Gasteiger partial charge in [0.15, 0.2) is 0 Å². The van der Waals surface area contributed by atoms with Gasteiger partial charge in [-0.2, -0.15) is 0 Å². The van der Waals surface area contributed by atoms with Crippen LogP contribution in [0.3, 0.4) is 0 Å². The molecule has 1 saturated heterocycles. The number of ether oxygens (including phenoxy) is 1. The van der Waals surface area contributed by atoms with E-state index in [0.717, 1.165) is 43.9 Å². The largest absolute Gasteiger partial charge is 0.497 e. The average molecular weight is 368 g/mol. The molecule has 1 amide bonds. The number of amides is 1. The molecule has 27 heavy (non-hydrogen) atoms. The van der Waals surface area contributed by atoms with Gasteiger partial charge in [0, 0.05) is 25.8 Å². The van der Waals surface area contributed by atoms with Gasteiger partial charge < -0.3 is 20.7 Å². The first-order valence-electron chi connectivity index (χ1n) is 9.52. The van der Waals surface area contributed by atoms with Crippen LogP contribution in [0.2, 0.25) is 0 Å². The molecule has 1 aromatic heterocycles. The highest BCUT2D eigenvalue weighted by molar-refractivity contribution is 5.94. The van der Waals surface area contributed by atoms with Crippen molar-refractivity contribution in [1.82, 2.24) is 10.3 Å². The Balaban J connectivity index is 1.42. The van der Waals surface area contributed by atoms with Crippen LogP contribution >= 0.6 is 0 Å². The van der Waals surface area contributed by atoms with E-state index in [1.54, 1.807) is 13.3 Å². The highest BCUT2D eigenvalue weighted by Crippen LogP contribution is 2.21. The summed E-state index contributed by atoms with van der Waals surface area (Å²) in [6.07, 6.45) is 4.56. The van der Waals surface area contributed by atoms with Crippen LogP contribution < -0.4 is 20.7 Å². The molecule has 1 aliphatic rings. The van der Waals surface area contributed by atoms with E-state index in [2.05, 4.69) is 27.3 Å². The summed E-state index contributed by atoms with van der Waals surface area (Å²) >= 11 is 0. The number of benzene rings is 1. The highest BCUT2D eigenvalue weighted by atomic mass is 16.5. The number of hydrogen-bond acceptors (Lipinski definition) is 5. The van der Waals surface area contributed by atoms with Crippen LogP contribution in [-0.2, 0) is 6.42 Å². The Kier molecular flexibility index (Phi) is 6.65. The Hall–Kier alpha value is -2.60. The molecule has 0 bridgehead atoms. The van der Waals surface area contributed by atoms with Crippen molar-refractivity contribution in [3.8, 4) is 5.75 Å². The molecule has 1 aliphatic heterocycles. The van der Waals surface area contributed by atoms with Crippen molar-refractivity contribution < 1.29 is 9.53 Å². The third-order valence-electron chi connectivity index (χ3n) is 5.04. The van der Waals surface area contributed by atoms with Crippen LogP contribution in [-0.4, -0.2) is 44.2 Å². The summed E-state index contributed by atoms with van der Waals surface area (Å²) in [6, 6.07) is 11.8. The fraction of sp³-hybridized carbons (Fsp3) is 0.429. The standard InChI is InChI=1S/C21H28N4O2/c1-27-19-7-4-16(5-8-19)3-2-11-23-21(26)18-6-9-20(24-14-18)25-12-10-17(13-22)15-25/h4-9,14,17H,2-3,10-13,15,22H2,1H3,(H,23,26)/t17-/m0/s1. The number of methoxy groups -OCH3 is 1. The van der Waals surface area contributed by atoms with Crippen molar-refractivity contribution in [3.63, 3.8) is 0 Å². The van der Waals surface area contributed by atoms with E-state index in [0.29, 0.717) is 24.6 Å². The summed E-state index contributed by atoms with van der Waals surface area (Å²) in [7, 11) is 1.66. The molecule has 2 heterocycles. The SMILES string of the molecule is COc1ccc(CCCNC(=O)c2ccc(N3CC[C@@H](CN)C3)nc2)cc1. The number of aryl methyl sites for hydroxylation is 1. The molecule has 1 fully saturated rings. The van der Waals surface area contributed by atoms with E-state index in [9.17, 15) is 4.79 Å². The van der Waals surface area contributed by atoms with E-state index >= 15 is 0 Å². The van der Waals surface area contributed by atoms with E-state index in [1.807, 2.05) is 24.3 Å². The first kappa shape index (κ1) is 19.2. The Labute approximate surface area is 160 Å². The zero-order valence-corrected chi connectivity index (χ0v) is 15.9. The normalized spacial score (nSPS) is 16.4. The Bertz CT molecular complexity index is 731. The number of nitrogens with two attached hydrogens (primary N) is 1. The Morgan fingerprint density at radius 2 is 2.11 bits per heavy atom. The molecule has 6 heteroatoms. The molecule has 6 nitrogen and oxygen atoms in total. The quantitative estimate of drug-likeness (QED) is 0.699. The second-order valence-electron chi connectivity index (χ2n) is 6.95. The average Bonchev–Trinajstić information content (AvgIpc) is 3.21. The fourth-order valence-corrected chi connectivity index (χ4v) is 3.33. The van der Waals surface area contributed by atoms with Crippen LogP contribution in [0.25, 0.3) is 0 Å². The van der Waals surface area contributed by atoms with Crippen molar-refractivity contribution >= 4 is 11.7 Å². The molecule has 144 valence electrons. The minimum Gasteiger partial charge on any atom is -0.497 e. The monoisotopic (exact) mass is 368 g/mol. The van der Waals surface area contributed by atoms with Crippen LogP contribution in [0.5, 0.6) is 5.75 Å². The number of pyridine rings is 1. The van der Waals surface area contributed by atoms with Gasteiger partial charge in [-0.05, 0) is 61.6 Å². The number of nitrogens with one attached hydrogen (secondary N) is 1. The van der Waals surface area contributed by atoms with Crippen LogP contribution in [0.1, 0.15) is 28.8 Å². The van der Waals surface area contributed by atoms with Gasteiger partial charge >= 0.3 is 0 Å². The third kappa shape index (κ3) is 5.20. The van der Waals surface area contributed by atoms with Crippen molar-refractivity contribution in [2.75, 3.05) is 38.2 Å². The minimum absolute atomic E-state index is 0.0787. The Morgan fingerprint density at radius 3 is 2.74 bits per heavy atom. The van der Waals surface area contributed by atoms with Gasteiger partial charge in [-0.1, -0.05) is 12.1 Å². The summed E-state index contributed by atoms with van der Waals surface area (Å²) in [4.78, 5) is 19.0. The zero-order chi connectivity index (χ0) is 19.1. The fourth-order valence-electron chi connectivity index (χ4n) is 3.33. The number of hydrogen-bond donors (Lipinski definition) is 2. The predicted molar refractivity (Wildman–Crippen MR) is 107 cm³/mol. The lowest BCUT2D eigenvalue weighted by atomic mass is 10.1. The van der Waals surface area contributed by atoms with Gasteiger partial charge in [-0.3, -0.25) is 4.79 Å². The predicted octanol–water partition coefficient (Wildman–Crippen LogP) is 2.24. The summed E-state index contributed by atoms with van der Waals surface area (Å²) in [5.41, 5.74) is 7.57. The van der Waals surface area contributed by atoms with E-state index in [-0.39, 0.29) is 5.91 Å². The molecule has 1 aromatic carbocycles. The molecule has 0 saturated carbocycles. The van der Waals surface area contributed by atoms with Crippen LogP contribution in [0.15, 0.2) is 42.6 Å². The van der Waals surface area contributed by atoms with Crippen molar-refractivity contribution in [2.45, 2.75) is 19.3 Å². The van der Waals surface area contributed by atoms with E-state index in [4.69, 9.17) is 10.5 Å². The second-order valence-corrected chi connectivity index (χ2v) is 6.95. The maximum atomic E-state index is 12.3. The number of carbonyl (C=O) groups excluding carboxylic acids is 1. The van der Waals surface area contributed by atoms with Gasteiger partial charge in [-0.15, -0.1) is 0 Å². The van der Waals surface area contributed by atoms with E-state index < -0.39 is 0 Å². The third-order valence-corrected chi connectivity index (χ3v) is 5.04. The first-order chi connectivity index (χ1) is 13.2. The summed E-state index contributed by atoms with van der Waals surface area (Å²) in [6.45, 7) is 3.27. The summed E-state index contributed by atoms with van der Waals surface area (Å²) < 4.78 is 5.16. The van der Waals surface area contributed by atoms with Gasteiger partial charge in [0.25, 0.3) is 5.91 Å². The summed E-state index contributed by atoms with van der Waals surface area (Å²) in [5, 5.41) is 2.96. The zero-order valence-electron chi connectivity index (χ0n) is 15.9. The van der Waals surface area contributed by atoms with Crippen LogP contribution in [0.4, 0.5) is 5.82 Å². The topological polar surface area (TPSA) is 80.5 Å². The Morgan fingerprint density at radius 1 is 1.30 bits per heavy atom. The molecule has 0 radical (unpaired) electrons.